The molecule has 2 heterocycles. The molecular weight excluding hydrogens is 325 g/mol. The average Bonchev–Trinajstić information content (AvgIpc) is 2.56. The molecule has 0 N–H and O–H groups in total. The van der Waals surface area contributed by atoms with Crippen molar-refractivity contribution >= 4 is 17.7 Å². The zero-order valence-electron chi connectivity index (χ0n) is 12.0. The van der Waals surface area contributed by atoms with Gasteiger partial charge in [0.25, 0.3) is 0 Å². The van der Waals surface area contributed by atoms with Crippen molar-refractivity contribution in [3.8, 4) is 0 Å². The number of benzene rings is 1. The molecule has 120 valence electrons. The van der Waals surface area contributed by atoms with E-state index >= 15 is 0 Å². The van der Waals surface area contributed by atoms with Gasteiger partial charge in [0.05, 0.1) is 0 Å². The summed E-state index contributed by atoms with van der Waals surface area (Å²) in [7, 11) is 0. The van der Waals surface area contributed by atoms with E-state index in [1.165, 1.54) is 22.7 Å². The number of halogens is 3. The molecule has 1 aromatic carbocycles. The molecule has 1 aromatic heterocycles. The first-order valence-electron chi connectivity index (χ1n) is 7.01. The van der Waals surface area contributed by atoms with Crippen LogP contribution in [0.2, 0.25) is 0 Å². The zero-order valence-corrected chi connectivity index (χ0v) is 12.8. The number of aromatic nitrogens is 1. The summed E-state index contributed by atoms with van der Waals surface area (Å²) in [6.07, 6.45) is 3.53. The summed E-state index contributed by atoms with van der Waals surface area (Å²) in [6.45, 7) is 0.261. The minimum absolute atomic E-state index is 0.0176. The Balaban J connectivity index is 1.95. The molecule has 1 unspecified atom stereocenters. The van der Waals surface area contributed by atoms with Crippen molar-refractivity contribution < 1.29 is 18.0 Å². The highest BCUT2D eigenvalue weighted by Gasteiger charge is 2.33. The second kappa shape index (κ2) is 6.62. The Morgan fingerprint density at radius 1 is 1.13 bits per heavy atom. The van der Waals surface area contributed by atoms with Crippen molar-refractivity contribution in [1.29, 1.82) is 0 Å². The monoisotopic (exact) mass is 338 g/mol. The number of hydrogen-bond donors (Lipinski definition) is 0. The van der Waals surface area contributed by atoms with Crippen molar-refractivity contribution in [2.75, 3.05) is 5.75 Å². The molecule has 1 saturated heterocycles. The Bertz CT molecular complexity index is 727. The lowest BCUT2D eigenvalue weighted by Gasteiger charge is -2.35. The predicted molar refractivity (Wildman–Crippen MR) is 80.9 cm³/mol. The van der Waals surface area contributed by atoms with Gasteiger partial charge in [-0.1, -0.05) is 6.07 Å². The zero-order chi connectivity index (χ0) is 16.4. The van der Waals surface area contributed by atoms with E-state index in [9.17, 15) is 18.0 Å². The molecule has 2 aromatic rings. The number of amides is 1. The summed E-state index contributed by atoms with van der Waals surface area (Å²) < 4.78 is 40.8. The SMILES string of the molecule is O=C1CCSC(c2ccc(F)c(F)c2F)N1Cc1ccncc1. The maximum Gasteiger partial charge on any atom is 0.224 e. The lowest BCUT2D eigenvalue weighted by Crippen LogP contribution is -2.37. The Morgan fingerprint density at radius 3 is 2.61 bits per heavy atom. The standard InChI is InChI=1S/C16H13F3N2OS/c17-12-2-1-11(14(18)15(12)19)16-21(13(22)5-8-23-16)9-10-3-6-20-7-4-10/h1-4,6-7,16H,5,8-9H2. The summed E-state index contributed by atoms with van der Waals surface area (Å²) in [6, 6.07) is 5.60. The van der Waals surface area contributed by atoms with Gasteiger partial charge in [-0.15, -0.1) is 11.8 Å². The maximum atomic E-state index is 14.1. The Hall–Kier alpha value is -2.02. The second-order valence-electron chi connectivity index (χ2n) is 5.11. The average molecular weight is 338 g/mol. The lowest BCUT2D eigenvalue weighted by molar-refractivity contribution is -0.132. The van der Waals surface area contributed by atoms with Gasteiger partial charge >= 0.3 is 0 Å². The normalized spacial score (nSPS) is 18.3. The molecular formula is C16H13F3N2OS. The third kappa shape index (κ3) is 3.19. The molecule has 0 aliphatic carbocycles. The van der Waals surface area contributed by atoms with Gasteiger partial charge in [0, 0.05) is 36.7 Å². The van der Waals surface area contributed by atoms with Crippen LogP contribution in [0.3, 0.4) is 0 Å². The topological polar surface area (TPSA) is 33.2 Å². The molecule has 1 aliphatic heterocycles. The number of thioether (sulfide) groups is 1. The number of nitrogens with zero attached hydrogens (tertiary/aromatic N) is 2. The number of carbonyl (C=O) groups is 1. The Morgan fingerprint density at radius 2 is 1.87 bits per heavy atom. The number of pyridine rings is 1. The fourth-order valence-electron chi connectivity index (χ4n) is 2.47. The Labute approximate surface area is 135 Å². The molecule has 0 saturated carbocycles. The largest absolute Gasteiger partial charge is 0.322 e. The van der Waals surface area contributed by atoms with Crippen molar-refractivity contribution in [1.82, 2.24) is 9.88 Å². The summed E-state index contributed by atoms with van der Waals surface area (Å²) in [4.78, 5) is 17.6. The van der Waals surface area contributed by atoms with Crippen molar-refractivity contribution in [3.63, 3.8) is 0 Å². The summed E-state index contributed by atoms with van der Waals surface area (Å²) >= 11 is 1.34. The van der Waals surface area contributed by atoms with Crippen LogP contribution in [0, 0.1) is 17.5 Å². The minimum Gasteiger partial charge on any atom is -0.322 e. The molecule has 1 atom stereocenters. The molecule has 0 spiro atoms. The molecule has 3 rings (SSSR count). The molecule has 1 aliphatic rings. The fourth-order valence-corrected chi connectivity index (χ4v) is 3.72. The number of hydrogen-bond acceptors (Lipinski definition) is 3. The van der Waals surface area contributed by atoms with Crippen molar-refractivity contribution in [3.05, 3.63) is 65.2 Å². The highest BCUT2D eigenvalue weighted by Crippen LogP contribution is 2.40. The summed E-state index contributed by atoms with van der Waals surface area (Å²) in [5.41, 5.74) is 0.819. The van der Waals surface area contributed by atoms with Crippen LogP contribution in [0.25, 0.3) is 0 Å². The number of rotatable bonds is 3. The van der Waals surface area contributed by atoms with Crippen molar-refractivity contribution in [2.45, 2.75) is 18.3 Å². The molecule has 1 fully saturated rings. The Kier molecular flexibility index (Phi) is 4.56. The van der Waals surface area contributed by atoms with Crippen LogP contribution in [0.5, 0.6) is 0 Å². The van der Waals surface area contributed by atoms with Gasteiger partial charge in [-0.25, -0.2) is 13.2 Å². The lowest BCUT2D eigenvalue weighted by atomic mass is 10.1. The predicted octanol–water partition coefficient (Wildman–Crippen LogP) is 3.66. The molecule has 0 bridgehead atoms. The van der Waals surface area contributed by atoms with Crippen LogP contribution in [-0.4, -0.2) is 21.5 Å². The quantitative estimate of drug-likeness (QED) is 0.801. The molecule has 0 radical (unpaired) electrons. The highest BCUT2D eigenvalue weighted by molar-refractivity contribution is 7.99. The minimum atomic E-state index is -1.51. The molecule has 7 heteroatoms. The van der Waals surface area contributed by atoms with Gasteiger partial charge in [0.1, 0.15) is 5.37 Å². The third-order valence-electron chi connectivity index (χ3n) is 3.63. The van der Waals surface area contributed by atoms with E-state index in [1.807, 2.05) is 0 Å². The molecule has 23 heavy (non-hydrogen) atoms. The van der Waals surface area contributed by atoms with Gasteiger partial charge in [-0.3, -0.25) is 9.78 Å². The van der Waals surface area contributed by atoms with E-state index in [0.29, 0.717) is 12.2 Å². The summed E-state index contributed by atoms with van der Waals surface area (Å²) in [5.74, 6) is -3.62. The van der Waals surface area contributed by atoms with Crippen LogP contribution < -0.4 is 0 Å². The van der Waals surface area contributed by atoms with E-state index in [0.717, 1.165) is 11.6 Å². The first-order valence-corrected chi connectivity index (χ1v) is 8.06. The van der Waals surface area contributed by atoms with Crippen LogP contribution in [0.4, 0.5) is 13.2 Å². The first-order chi connectivity index (χ1) is 11.1. The van der Waals surface area contributed by atoms with Gasteiger partial charge < -0.3 is 4.90 Å². The van der Waals surface area contributed by atoms with E-state index < -0.39 is 22.8 Å². The fraction of sp³-hybridized carbons (Fsp3) is 0.250. The smallest absolute Gasteiger partial charge is 0.224 e. The van der Waals surface area contributed by atoms with E-state index in [-0.39, 0.29) is 18.0 Å². The maximum absolute atomic E-state index is 14.1. The molecule has 1 amide bonds. The third-order valence-corrected chi connectivity index (χ3v) is 4.89. The molecule has 3 nitrogen and oxygen atoms in total. The first kappa shape index (κ1) is 15.9. The summed E-state index contributed by atoms with van der Waals surface area (Å²) in [5, 5.41) is -0.681. The van der Waals surface area contributed by atoms with E-state index in [4.69, 9.17) is 0 Å². The van der Waals surface area contributed by atoms with Gasteiger partial charge in [0.15, 0.2) is 17.5 Å². The van der Waals surface area contributed by atoms with E-state index in [2.05, 4.69) is 4.98 Å². The van der Waals surface area contributed by atoms with Crippen LogP contribution in [0.1, 0.15) is 22.9 Å². The number of carbonyl (C=O) groups excluding carboxylic acids is 1. The van der Waals surface area contributed by atoms with Crippen LogP contribution in [-0.2, 0) is 11.3 Å². The van der Waals surface area contributed by atoms with Gasteiger partial charge in [-0.05, 0) is 23.8 Å². The van der Waals surface area contributed by atoms with Crippen LogP contribution >= 0.6 is 11.8 Å². The highest BCUT2D eigenvalue weighted by atomic mass is 32.2. The van der Waals surface area contributed by atoms with Gasteiger partial charge in [-0.2, -0.15) is 0 Å². The van der Waals surface area contributed by atoms with Gasteiger partial charge in [0.2, 0.25) is 5.91 Å². The van der Waals surface area contributed by atoms with E-state index in [1.54, 1.807) is 24.5 Å². The van der Waals surface area contributed by atoms with Crippen molar-refractivity contribution in [2.24, 2.45) is 0 Å². The second-order valence-corrected chi connectivity index (χ2v) is 6.30. The van der Waals surface area contributed by atoms with Crippen LogP contribution in [0.15, 0.2) is 36.7 Å².